The number of aryl methyl sites for hydroxylation is 1. The van der Waals surface area contributed by atoms with Crippen molar-refractivity contribution in [2.24, 2.45) is 0 Å². The number of rotatable bonds is 6. The standard InChI is InChI=1S/C17H21N3O4/c1-23-6-7-24-14-10-20(11-14)16(22)5-2-12-8-13-3-4-15(21)19-17(13)18-9-12/h2,5,8-9,14H,3-4,6-7,10-11H2,1H3,(H,18,19,21). The fraction of sp³-hybridized carbons (Fsp3) is 0.471. The van der Waals surface area contributed by atoms with Crippen molar-refractivity contribution in [2.75, 3.05) is 38.7 Å². The lowest BCUT2D eigenvalue weighted by molar-refractivity contribution is -0.140. The number of carbonyl (C=O) groups is 2. The molecule has 0 radical (unpaired) electrons. The molecule has 1 N–H and O–H groups in total. The Bertz CT molecular complexity index is 653. The van der Waals surface area contributed by atoms with Gasteiger partial charge in [-0.2, -0.15) is 0 Å². The van der Waals surface area contributed by atoms with E-state index in [0.717, 1.165) is 11.1 Å². The van der Waals surface area contributed by atoms with Crippen molar-refractivity contribution in [3.63, 3.8) is 0 Å². The highest BCUT2D eigenvalue weighted by Gasteiger charge is 2.29. The number of anilines is 1. The van der Waals surface area contributed by atoms with Crippen molar-refractivity contribution in [2.45, 2.75) is 18.9 Å². The topological polar surface area (TPSA) is 80.8 Å². The summed E-state index contributed by atoms with van der Waals surface area (Å²) in [4.78, 5) is 29.4. The van der Waals surface area contributed by atoms with Crippen LogP contribution >= 0.6 is 0 Å². The van der Waals surface area contributed by atoms with Gasteiger partial charge in [0, 0.05) is 38.9 Å². The van der Waals surface area contributed by atoms with Crippen LogP contribution < -0.4 is 5.32 Å². The van der Waals surface area contributed by atoms with E-state index in [0.29, 0.717) is 45.0 Å². The average molecular weight is 331 g/mol. The maximum Gasteiger partial charge on any atom is 0.246 e. The molecule has 2 amide bonds. The van der Waals surface area contributed by atoms with Gasteiger partial charge >= 0.3 is 0 Å². The van der Waals surface area contributed by atoms with E-state index in [1.807, 2.05) is 6.07 Å². The summed E-state index contributed by atoms with van der Waals surface area (Å²) in [7, 11) is 1.63. The van der Waals surface area contributed by atoms with Crippen LogP contribution in [-0.4, -0.2) is 61.2 Å². The maximum absolute atomic E-state index is 12.1. The molecular formula is C17H21N3O4. The minimum atomic E-state index is -0.0346. The second kappa shape index (κ2) is 7.55. The highest BCUT2D eigenvalue weighted by Crippen LogP contribution is 2.21. The number of methoxy groups -OCH3 is 1. The molecule has 0 atom stereocenters. The summed E-state index contributed by atoms with van der Waals surface area (Å²) in [6.07, 6.45) is 6.21. The third-order valence-electron chi connectivity index (χ3n) is 4.09. The molecule has 0 saturated carbocycles. The van der Waals surface area contributed by atoms with Gasteiger partial charge < -0.3 is 19.7 Å². The van der Waals surface area contributed by atoms with Crippen LogP contribution in [0.5, 0.6) is 0 Å². The zero-order chi connectivity index (χ0) is 16.9. The van der Waals surface area contributed by atoms with E-state index < -0.39 is 0 Å². The Labute approximate surface area is 140 Å². The lowest BCUT2D eigenvalue weighted by Gasteiger charge is -2.38. The quantitative estimate of drug-likeness (QED) is 0.617. The molecule has 2 aliphatic heterocycles. The molecule has 1 fully saturated rings. The summed E-state index contributed by atoms with van der Waals surface area (Å²) in [5, 5.41) is 2.74. The molecule has 0 bridgehead atoms. The Morgan fingerprint density at radius 1 is 1.42 bits per heavy atom. The van der Waals surface area contributed by atoms with Crippen molar-refractivity contribution in [1.29, 1.82) is 0 Å². The van der Waals surface area contributed by atoms with Gasteiger partial charge in [0.05, 0.1) is 19.3 Å². The number of fused-ring (bicyclic) bond motifs is 1. The molecular weight excluding hydrogens is 310 g/mol. The van der Waals surface area contributed by atoms with Crippen molar-refractivity contribution in [3.8, 4) is 0 Å². The van der Waals surface area contributed by atoms with E-state index in [4.69, 9.17) is 9.47 Å². The predicted molar refractivity (Wildman–Crippen MR) is 88.4 cm³/mol. The van der Waals surface area contributed by atoms with Crippen molar-refractivity contribution >= 4 is 23.7 Å². The van der Waals surface area contributed by atoms with Crippen LogP contribution in [0.3, 0.4) is 0 Å². The molecule has 0 unspecified atom stereocenters. The fourth-order valence-electron chi connectivity index (χ4n) is 2.66. The molecule has 2 aliphatic rings. The fourth-order valence-corrected chi connectivity index (χ4v) is 2.66. The lowest BCUT2D eigenvalue weighted by Crippen LogP contribution is -2.54. The van der Waals surface area contributed by atoms with Crippen molar-refractivity contribution in [3.05, 3.63) is 29.5 Å². The Balaban J connectivity index is 1.50. The number of amides is 2. The molecule has 0 aliphatic carbocycles. The number of ether oxygens (including phenoxy) is 2. The molecule has 3 rings (SSSR count). The molecule has 1 saturated heterocycles. The van der Waals surface area contributed by atoms with Gasteiger partial charge in [0.15, 0.2) is 0 Å². The van der Waals surface area contributed by atoms with Gasteiger partial charge in [-0.3, -0.25) is 9.59 Å². The first-order chi connectivity index (χ1) is 11.7. The molecule has 0 aromatic carbocycles. The molecule has 24 heavy (non-hydrogen) atoms. The number of carbonyl (C=O) groups excluding carboxylic acids is 2. The van der Waals surface area contributed by atoms with Crippen molar-refractivity contribution < 1.29 is 19.1 Å². The van der Waals surface area contributed by atoms with E-state index >= 15 is 0 Å². The summed E-state index contributed by atoms with van der Waals surface area (Å²) < 4.78 is 10.5. The van der Waals surface area contributed by atoms with Gasteiger partial charge in [-0.15, -0.1) is 0 Å². The van der Waals surface area contributed by atoms with Gasteiger partial charge in [-0.1, -0.05) is 0 Å². The molecule has 3 heterocycles. The Hall–Kier alpha value is -2.25. The summed E-state index contributed by atoms with van der Waals surface area (Å²) in [6, 6.07) is 1.96. The van der Waals surface area contributed by atoms with E-state index in [-0.39, 0.29) is 17.9 Å². The molecule has 7 nitrogen and oxygen atoms in total. The van der Waals surface area contributed by atoms with Gasteiger partial charge in [-0.25, -0.2) is 4.98 Å². The Kier molecular flexibility index (Phi) is 5.22. The Morgan fingerprint density at radius 2 is 2.25 bits per heavy atom. The second-order valence-electron chi connectivity index (χ2n) is 5.89. The monoisotopic (exact) mass is 331 g/mol. The van der Waals surface area contributed by atoms with E-state index in [9.17, 15) is 9.59 Å². The average Bonchev–Trinajstić information content (AvgIpc) is 2.54. The summed E-state index contributed by atoms with van der Waals surface area (Å²) >= 11 is 0. The third-order valence-corrected chi connectivity index (χ3v) is 4.09. The predicted octanol–water partition coefficient (Wildman–Crippen LogP) is 0.853. The zero-order valence-electron chi connectivity index (χ0n) is 13.7. The molecule has 128 valence electrons. The van der Waals surface area contributed by atoms with Crippen LogP contribution in [0.2, 0.25) is 0 Å². The van der Waals surface area contributed by atoms with Crippen LogP contribution in [0.1, 0.15) is 17.5 Å². The number of likely N-dealkylation sites (tertiary alicyclic amines) is 1. The number of hydrogen-bond donors (Lipinski definition) is 1. The van der Waals surface area contributed by atoms with Gasteiger partial charge in [0.2, 0.25) is 11.8 Å². The van der Waals surface area contributed by atoms with Gasteiger partial charge in [0.25, 0.3) is 0 Å². The minimum Gasteiger partial charge on any atom is -0.382 e. The van der Waals surface area contributed by atoms with Gasteiger partial charge in [-0.05, 0) is 29.7 Å². The summed E-state index contributed by atoms with van der Waals surface area (Å²) in [5.74, 6) is 0.578. The molecule has 1 aromatic heterocycles. The zero-order valence-corrected chi connectivity index (χ0v) is 13.7. The lowest BCUT2D eigenvalue weighted by atomic mass is 10.0. The van der Waals surface area contributed by atoms with Gasteiger partial charge in [0.1, 0.15) is 5.82 Å². The first kappa shape index (κ1) is 16.6. The smallest absolute Gasteiger partial charge is 0.246 e. The largest absolute Gasteiger partial charge is 0.382 e. The van der Waals surface area contributed by atoms with E-state index in [1.165, 1.54) is 0 Å². The molecule has 1 aromatic rings. The second-order valence-corrected chi connectivity index (χ2v) is 5.89. The van der Waals surface area contributed by atoms with Crippen LogP contribution in [0.15, 0.2) is 18.3 Å². The third kappa shape index (κ3) is 3.98. The first-order valence-corrected chi connectivity index (χ1v) is 8.02. The maximum atomic E-state index is 12.1. The summed E-state index contributed by atoms with van der Waals surface area (Å²) in [6.45, 7) is 2.34. The minimum absolute atomic E-state index is 0.00599. The molecule has 0 spiro atoms. The number of hydrogen-bond acceptors (Lipinski definition) is 5. The van der Waals surface area contributed by atoms with Crippen LogP contribution in [0, 0.1) is 0 Å². The summed E-state index contributed by atoms with van der Waals surface area (Å²) in [5.41, 5.74) is 1.85. The SMILES string of the molecule is COCCOC1CN(C(=O)C=Cc2cnc3c(c2)CCC(=O)N3)C1. The van der Waals surface area contributed by atoms with Crippen LogP contribution in [-0.2, 0) is 25.5 Å². The number of aromatic nitrogens is 1. The Morgan fingerprint density at radius 3 is 3.04 bits per heavy atom. The highest BCUT2D eigenvalue weighted by molar-refractivity contribution is 5.94. The number of nitrogens with zero attached hydrogens (tertiary/aromatic N) is 2. The van der Waals surface area contributed by atoms with E-state index in [1.54, 1.807) is 30.4 Å². The molecule has 7 heteroatoms. The number of nitrogens with one attached hydrogen (secondary N) is 1. The first-order valence-electron chi connectivity index (χ1n) is 8.02. The van der Waals surface area contributed by atoms with Crippen LogP contribution in [0.25, 0.3) is 6.08 Å². The van der Waals surface area contributed by atoms with E-state index in [2.05, 4.69) is 10.3 Å². The highest BCUT2D eigenvalue weighted by atomic mass is 16.5. The van der Waals surface area contributed by atoms with Crippen molar-refractivity contribution in [1.82, 2.24) is 9.88 Å². The van der Waals surface area contributed by atoms with Crippen LogP contribution in [0.4, 0.5) is 5.82 Å². The number of pyridine rings is 1. The normalized spacial score (nSPS) is 17.5.